The van der Waals surface area contributed by atoms with E-state index in [4.69, 9.17) is 5.11 Å². The van der Waals surface area contributed by atoms with Gasteiger partial charge in [0.1, 0.15) is 11.5 Å². The molecule has 2 heterocycles. The molecule has 2 amide bonds. The number of carbonyl (C=O) groups excluding carboxylic acids is 2. The zero-order chi connectivity index (χ0) is 26.4. The third-order valence-electron chi connectivity index (χ3n) is 5.47. The molecule has 0 aliphatic rings. The van der Waals surface area contributed by atoms with Gasteiger partial charge in [0.2, 0.25) is 11.9 Å². The topological polar surface area (TPSA) is 147 Å². The summed E-state index contributed by atoms with van der Waals surface area (Å²) in [5, 5.41) is 21.9. The van der Waals surface area contributed by atoms with Gasteiger partial charge in [0.05, 0.1) is 29.8 Å². The van der Waals surface area contributed by atoms with Crippen LogP contribution in [-0.2, 0) is 4.79 Å². The second-order valence-electron chi connectivity index (χ2n) is 8.73. The molecule has 192 valence electrons. The number of benzene rings is 2. The molecule has 2 aromatic carbocycles. The molecule has 0 radical (unpaired) electrons. The van der Waals surface area contributed by atoms with Gasteiger partial charge in [-0.05, 0) is 56.9 Å². The Morgan fingerprint density at radius 1 is 1.03 bits per heavy atom. The molecule has 11 heteroatoms. The van der Waals surface area contributed by atoms with Gasteiger partial charge >= 0.3 is 0 Å². The molecule has 11 nitrogen and oxygen atoms in total. The van der Waals surface area contributed by atoms with E-state index in [0.717, 1.165) is 16.6 Å². The number of nitrogens with zero attached hydrogens (tertiary/aromatic N) is 3. The van der Waals surface area contributed by atoms with Gasteiger partial charge in [0.25, 0.3) is 5.91 Å². The Bertz CT molecular complexity index is 1420. The number of para-hydroxylation sites is 1. The van der Waals surface area contributed by atoms with Crippen LogP contribution in [0.2, 0.25) is 0 Å². The van der Waals surface area contributed by atoms with E-state index in [0.29, 0.717) is 34.4 Å². The Labute approximate surface area is 214 Å². The molecule has 0 atom stereocenters. The first-order valence-corrected chi connectivity index (χ1v) is 11.8. The second-order valence-corrected chi connectivity index (χ2v) is 8.73. The number of anilines is 5. The van der Waals surface area contributed by atoms with Crippen LogP contribution in [0, 0.1) is 6.92 Å². The molecule has 0 fully saturated rings. The fraction of sp³-hybridized carbons (Fsp3) is 0.231. The number of fused-ring (bicyclic) bond motifs is 1. The van der Waals surface area contributed by atoms with Crippen LogP contribution in [-0.4, -0.2) is 70.6 Å². The number of H-pyrrole nitrogens is 1. The molecular formula is C26H30N8O3. The molecule has 0 bridgehead atoms. The van der Waals surface area contributed by atoms with Crippen molar-refractivity contribution in [2.45, 2.75) is 6.92 Å². The number of amides is 2. The Morgan fingerprint density at radius 2 is 1.84 bits per heavy atom. The predicted molar refractivity (Wildman–Crippen MR) is 145 cm³/mol. The molecule has 0 aliphatic carbocycles. The summed E-state index contributed by atoms with van der Waals surface area (Å²) in [5.41, 5.74) is 3.93. The molecule has 6 N–H and O–H groups in total. The van der Waals surface area contributed by atoms with Crippen LogP contribution >= 0.6 is 0 Å². The molecule has 0 saturated heterocycles. The summed E-state index contributed by atoms with van der Waals surface area (Å²) in [5.74, 6) is 0.416. The molecule has 0 unspecified atom stereocenters. The molecule has 37 heavy (non-hydrogen) atoms. The van der Waals surface area contributed by atoms with Gasteiger partial charge in [0.15, 0.2) is 0 Å². The summed E-state index contributed by atoms with van der Waals surface area (Å²) >= 11 is 0. The predicted octanol–water partition coefficient (Wildman–Crippen LogP) is 2.98. The van der Waals surface area contributed by atoms with Crippen LogP contribution in [0.25, 0.3) is 11.0 Å². The smallest absolute Gasteiger partial charge is 0.253 e. The number of aryl methyl sites for hydroxylation is 1. The van der Waals surface area contributed by atoms with Crippen molar-refractivity contribution in [2.24, 2.45) is 0 Å². The molecule has 0 saturated carbocycles. The van der Waals surface area contributed by atoms with Gasteiger partial charge in [-0.15, -0.1) is 0 Å². The molecular weight excluding hydrogens is 472 g/mol. The second kappa shape index (κ2) is 11.5. The summed E-state index contributed by atoms with van der Waals surface area (Å²) in [7, 11) is 3.67. The van der Waals surface area contributed by atoms with Gasteiger partial charge < -0.3 is 36.3 Å². The van der Waals surface area contributed by atoms with Gasteiger partial charge in [-0.2, -0.15) is 9.97 Å². The summed E-state index contributed by atoms with van der Waals surface area (Å²) in [6.07, 6.45) is 1.76. The lowest BCUT2D eigenvalue weighted by Gasteiger charge is -2.15. The fourth-order valence-corrected chi connectivity index (χ4v) is 3.72. The Hall–Kier alpha value is -4.48. The molecule has 2 aromatic heterocycles. The van der Waals surface area contributed by atoms with Gasteiger partial charge in [-0.1, -0.05) is 18.2 Å². The van der Waals surface area contributed by atoms with Crippen molar-refractivity contribution in [3.63, 3.8) is 0 Å². The summed E-state index contributed by atoms with van der Waals surface area (Å²) in [6.45, 7) is 2.23. The lowest BCUT2D eigenvalue weighted by Crippen LogP contribution is -2.27. The van der Waals surface area contributed by atoms with Crippen molar-refractivity contribution >= 4 is 51.7 Å². The van der Waals surface area contributed by atoms with Crippen LogP contribution < -0.4 is 21.3 Å². The maximum Gasteiger partial charge on any atom is 0.253 e. The van der Waals surface area contributed by atoms with E-state index >= 15 is 0 Å². The fourth-order valence-electron chi connectivity index (χ4n) is 3.72. The lowest BCUT2D eigenvalue weighted by molar-refractivity contribution is -0.116. The standard InChI is InChI=1S/C26H30N8O3/c1-16-8-9-17(29-22(36)15-34(2)3)14-21(16)31-26-32-23-19(10-11-27-23)24(33-26)30-20-7-5-4-6-18(20)25(37)28-12-13-35/h4-11,14,35H,12-13,15H2,1-3H3,(H,28,37)(H,29,36)(H3,27,30,31,32,33). The average Bonchev–Trinajstić information content (AvgIpc) is 3.33. The number of hydrogen-bond donors (Lipinski definition) is 6. The first kappa shape index (κ1) is 25.6. The number of hydrogen-bond acceptors (Lipinski definition) is 8. The Balaban J connectivity index is 1.62. The number of nitrogens with one attached hydrogen (secondary N) is 5. The summed E-state index contributed by atoms with van der Waals surface area (Å²) < 4.78 is 0. The van der Waals surface area contributed by atoms with Crippen molar-refractivity contribution in [1.29, 1.82) is 0 Å². The number of rotatable bonds is 10. The van der Waals surface area contributed by atoms with Crippen LogP contribution in [0.4, 0.5) is 28.8 Å². The number of aliphatic hydroxyl groups is 1. The first-order chi connectivity index (χ1) is 17.8. The SMILES string of the molecule is Cc1ccc(NC(=O)CN(C)C)cc1Nc1nc(Nc2ccccc2C(=O)NCCO)c2cc[nH]c2n1. The number of carbonyl (C=O) groups is 2. The highest BCUT2D eigenvalue weighted by atomic mass is 16.3. The quantitative estimate of drug-likeness (QED) is 0.194. The minimum Gasteiger partial charge on any atom is -0.395 e. The van der Waals surface area contributed by atoms with Crippen LogP contribution in [0.15, 0.2) is 54.7 Å². The van der Waals surface area contributed by atoms with Crippen LogP contribution in [0.3, 0.4) is 0 Å². The Kier molecular flexibility index (Phi) is 7.96. The minimum atomic E-state index is -0.307. The van der Waals surface area contributed by atoms with Crippen molar-refractivity contribution < 1.29 is 14.7 Å². The molecule has 4 rings (SSSR count). The van der Waals surface area contributed by atoms with E-state index in [1.54, 1.807) is 29.3 Å². The molecule has 4 aromatic rings. The van der Waals surface area contributed by atoms with Crippen molar-refractivity contribution in [1.82, 2.24) is 25.2 Å². The van der Waals surface area contributed by atoms with E-state index in [1.807, 2.05) is 51.4 Å². The van der Waals surface area contributed by atoms with Gasteiger partial charge in [-0.3, -0.25) is 9.59 Å². The highest BCUT2D eigenvalue weighted by Crippen LogP contribution is 2.29. The minimum absolute atomic E-state index is 0.114. The van der Waals surface area contributed by atoms with E-state index < -0.39 is 0 Å². The van der Waals surface area contributed by atoms with Gasteiger partial charge in [0, 0.05) is 24.1 Å². The molecule has 0 spiro atoms. The average molecular weight is 503 g/mol. The van der Waals surface area contributed by atoms with Crippen LogP contribution in [0.5, 0.6) is 0 Å². The number of aliphatic hydroxyl groups excluding tert-OH is 1. The van der Waals surface area contributed by atoms with E-state index in [-0.39, 0.29) is 31.5 Å². The van der Waals surface area contributed by atoms with E-state index in [9.17, 15) is 9.59 Å². The van der Waals surface area contributed by atoms with Gasteiger partial charge in [-0.25, -0.2) is 0 Å². The summed E-state index contributed by atoms with van der Waals surface area (Å²) in [6, 6.07) is 14.5. The normalized spacial score (nSPS) is 10.9. The van der Waals surface area contributed by atoms with E-state index in [2.05, 4.69) is 36.2 Å². The third-order valence-corrected chi connectivity index (χ3v) is 5.47. The first-order valence-electron chi connectivity index (χ1n) is 11.8. The zero-order valence-electron chi connectivity index (χ0n) is 20.9. The monoisotopic (exact) mass is 502 g/mol. The number of likely N-dealkylation sites (N-methyl/N-ethyl adjacent to an activating group) is 1. The zero-order valence-corrected chi connectivity index (χ0v) is 20.9. The summed E-state index contributed by atoms with van der Waals surface area (Å²) in [4.78, 5) is 39.0. The maximum absolute atomic E-state index is 12.6. The van der Waals surface area contributed by atoms with Crippen molar-refractivity contribution in [3.05, 3.63) is 65.9 Å². The van der Waals surface area contributed by atoms with Crippen molar-refractivity contribution in [3.8, 4) is 0 Å². The number of aromatic amines is 1. The van der Waals surface area contributed by atoms with E-state index in [1.165, 1.54) is 0 Å². The molecule has 0 aliphatic heterocycles. The largest absolute Gasteiger partial charge is 0.395 e. The lowest BCUT2D eigenvalue weighted by atomic mass is 10.1. The highest BCUT2D eigenvalue weighted by molar-refractivity contribution is 6.01. The maximum atomic E-state index is 12.6. The Morgan fingerprint density at radius 3 is 2.62 bits per heavy atom. The van der Waals surface area contributed by atoms with Crippen molar-refractivity contribution in [2.75, 3.05) is 49.7 Å². The highest BCUT2D eigenvalue weighted by Gasteiger charge is 2.15. The number of aromatic nitrogens is 3. The third kappa shape index (κ3) is 6.40. The van der Waals surface area contributed by atoms with Crippen LogP contribution in [0.1, 0.15) is 15.9 Å².